The predicted molar refractivity (Wildman–Crippen MR) is 61.5 cm³/mol. The molecule has 2 aromatic rings. The molecule has 1 aliphatic carbocycles. The molecule has 0 radical (unpaired) electrons. The maximum absolute atomic E-state index is 13.2. The summed E-state index contributed by atoms with van der Waals surface area (Å²) in [6.07, 6.45) is 4.04. The summed E-state index contributed by atoms with van der Waals surface area (Å²) in [4.78, 5) is 10.8. The summed E-state index contributed by atoms with van der Waals surface area (Å²) in [5.74, 6) is -1.21. The van der Waals surface area contributed by atoms with E-state index in [0.29, 0.717) is 11.6 Å². The van der Waals surface area contributed by atoms with E-state index in [1.54, 1.807) is 6.07 Å². The summed E-state index contributed by atoms with van der Waals surface area (Å²) in [6.45, 7) is 0. The summed E-state index contributed by atoms with van der Waals surface area (Å²) < 4.78 is 15.3. The minimum atomic E-state index is -0.885. The first-order valence-corrected chi connectivity index (χ1v) is 5.66. The van der Waals surface area contributed by atoms with Gasteiger partial charge in [-0.15, -0.1) is 0 Å². The van der Waals surface area contributed by atoms with Crippen LogP contribution in [-0.4, -0.2) is 15.6 Å². The fraction of sp³-hybridized carbons (Fsp3) is 0.308. The van der Waals surface area contributed by atoms with Gasteiger partial charge in [-0.25, -0.2) is 4.39 Å². The van der Waals surface area contributed by atoms with Crippen LogP contribution in [0.1, 0.15) is 24.4 Å². The second kappa shape index (κ2) is 3.58. The molecule has 1 aromatic heterocycles. The average Bonchev–Trinajstić information content (AvgIpc) is 3.04. The summed E-state index contributed by atoms with van der Waals surface area (Å²) in [7, 11) is 0. The second-order valence-corrected chi connectivity index (χ2v) is 4.52. The highest BCUT2D eigenvalue weighted by atomic mass is 19.1. The normalized spacial score (nSPS) is 15.4. The van der Waals surface area contributed by atoms with Gasteiger partial charge in [0.2, 0.25) is 0 Å². The van der Waals surface area contributed by atoms with Crippen molar-refractivity contribution in [3.63, 3.8) is 0 Å². The van der Waals surface area contributed by atoms with Crippen LogP contribution in [0.15, 0.2) is 24.4 Å². The monoisotopic (exact) mass is 233 g/mol. The minimum Gasteiger partial charge on any atom is -0.481 e. The van der Waals surface area contributed by atoms with E-state index in [2.05, 4.69) is 4.57 Å². The molecule has 0 atom stereocenters. The van der Waals surface area contributed by atoms with Crippen LogP contribution < -0.4 is 0 Å². The van der Waals surface area contributed by atoms with Crippen LogP contribution in [0.3, 0.4) is 0 Å². The molecule has 17 heavy (non-hydrogen) atoms. The highest BCUT2D eigenvalue weighted by Crippen LogP contribution is 2.39. The Morgan fingerprint density at radius 1 is 1.47 bits per heavy atom. The van der Waals surface area contributed by atoms with Gasteiger partial charge in [0.15, 0.2) is 0 Å². The van der Waals surface area contributed by atoms with E-state index in [1.165, 1.54) is 12.1 Å². The van der Waals surface area contributed by atoms with Crippen molar-refractivity contribution in [2.45, 2.75) is 25.3 Å². The van der Waals surface area contributed by atoms with Gasteiger partial charge in [0.1, 0.15) is 5.82 Å². The minimum absolute atomic E-state index is 0.0559. The van der Waals surface area contributed by atoms with Gasteiger partial charge < -0.3 is 9.67 Å². The quantitative estimate of drug-likeness (QED) is 0.885. The molecule has 1 aliphatic rings. The predicted octanol–water partition coefficient (Wildman–Crippen LogP) is 2.74. The standard InChI is InChI=1S/C13H12FNO2/c14-9-1-4-12-11(6-9)8(5-13(16)17)7-15(12)10-2-3-10/h1,4,6-7,10H,2-3,5H2,(H,16,17). The Morgan fingerprint density at radius 2 is 2.24 bits per heavy atom. The van der Waals surface area contributed by atoms with E-state index in [9.17, 15) is 9.18 Å². The Balaban J connectivity index is 2.19. The Morgan fingerprint density at radius 3 is 2.88 bits per heavy atom. The van der Waals surface area contributed by atoms with Gasteiger partial charge in [-0.1, -0.05) is 0 Å². The largest absolute Gasteiger partial charge is 0.481 e. The van der Waals surface area contributed by atoms with Crippen LogP contribution in [0.5, 0.6) is 0 Å². The lowest BCUT2D eigenvalue weighted by Crippen LogP contribution is -1.99. The maximum Gasteiger partial charge on any atom is 0.307 e. The van der Waals surface area contributed by atoms with Crippen LogP contribution in [0, 0.1) is 5.82 Å². The second-order valence-electron chi connectivity index (χ2n) is 4.52. The van der Waals surface area contributed by atoms with Crippen molar-refractivity contribution >= 4 is 16.9 Å². The first kappa shape index (κ1) is 10.3. The molecule has 0 saturated heterocycles. The molecule has 0 bridgehead atoms. The molecule has 1 fully saturated rings. The SMILES string of the molecule is O=C(O)Cc1cn(C2CC2)c2ccc(F)cc12. The van der Waals surface area contributed by atoms with Gasteiger partial charge in [-0.05, 0) is 36.6 Å². The first-order valence-electron chi connectivity index (χ1n) is 5.66. The molecule has 1 saturated carbocycles. The molecule has 1 heterocycles. The van der Waals surface area contributed by atoms with Gasteiger partial charge >= 0.3 is 5.97 Å². The smallest absolute Gasteiger partial charge is 0.307 e. The number of carbonyl (C=O) groups is 1. The van der Waals surface area contributed by atoms with Crippen molar-refractivity contribution in [2.24, 2.45) is 0 Å². The topological polar surface area (TPSA) is 42.2 Å². The van der Waals surface area contributed by atoms with E-state index in [0.717, 1.165) is 23.7 Å². The van der Waals surface area contributed by atoms with E-state index in [1.807, 2.05) is 6.20 Å². The summed E-state index contributed by atoms with van der Waals surface area (Å²) >= 11 is 0. The van der Waals surface area contributed by atoms with Gasteiger partial charge in [0, 0.05) is 23.1 Å². The molecule has 1 N–H and O–H groups in total. The molecule has 3 nitrogen and oxygen atoms in total. The zero-order chi connectivity index (χ0) is 12.0. The molecule has 0 amide bonds. The molecule has 0 spiro atoms. The number of hydrogen-bond donors (Lipinski definition) is 1. The number of fused-ring (bicyclic) bond motifs is 1. The lowest BCUT2D eigenvalue weighted by molar-refractivity contribution is -0.136. The van der Waals surface area contributed by atoms with E-state index in [4.69, 9.17) is 5.11 Å². The van der Waals surface area contributed by atoms with Crippen LogP contribution >= 0.6 is 0 Å². The third-order valence-electron chi connectivity index (χ3n) is 3.16. The Labute approximate surface area is 97.5 Å². The highest BCUT2D eigenvalue weighted by Gasteiger charge is 2.26. The Hall–Kier alpha value is -1.84. The number of nitrogens with zero attached hydrogens (tertiary/aromatic N) is 1. The fourth-order valence-electron chi connectivity index (χ4n) is 2.26. The Bertz CT molecular complexity index is 599. The number of carboxylic acid groups (broad SMARTS) is 1. The first-order chi connectivity index (χ1) is 8.15. The van der Waals surface area contributed by atoms with Crippen molar-refractivity contribution in [1.29, 1.82) is 0 Å². The van der Waals surface area contributed by atoms with Gasteiger partial charge in [0.05, 0.1) is 6.42 Å². The fourth-order valence-corrected chi connectivity index (χ4v) is 2.26. The van der Waals surface area contributed by atoms with Crippen LogP contribution in [0.2, 0.25) is 0 Å². The number of benzene rings is 1. The van der Waals surface area contributed by atoms with Crippen LogP contribution in [0.4, 0.5) is 4.39 Å². The molecule has 3 rings (SSSR count). The number of carboxylic acids is 1. The number of rotatable bonds is 3. The maximum atomic E-state index is 13.2. The Kier molecular flexibility index (Phi) is 2.18. The van der Waals surface area contributed by atoms with Gasteiger partial charge in [-0.2, -0.15) is 0 Å². The number of aromatic nitrogens is 1. The average molecular weight is 233 g/mol. The van der Waals surface area contributed by atoms with Crippen LogP contribution in [0.25, 0.3) is 10.9 Å². The molecular formula is C13H12FNO2. The van der Waals surface area contributed by atoms with E-state index in [-0.39, 0.29) is 12.2 Å². The van der Waals surface area contributed by atoms with Crippen molar-refractivity contribution in [3.8, 4) is 0 Å². The zero-order valence-corrected chi connectivity index (χ0v) is 9.19. The molecule has 1 aromatic carbocycles. The summed E-state index contributed by atoms with van der Waals surface area (Å²) in [6, 6.07) is 5.04. The molecule has 88 valence electrons. The molecule has 0 aliphatic heterocycles. The zero-order valence-electron chi connectivity index (χ0n) is 9.19. The highest BCUT2D eigenvalue weighted by molar-refractivity contribution is 5.87. The number of halogens is 1. The van der Waals surface area contributed by atoms with Crippen molar-refractivity contribution in [3.05, 3.63) is 35.8 Å². The van der Waals surface area contributed by atoms with Gasteiger partial charge in [0.25, 0.3) is 0 Å². The summed E-state index contributed by atoms with van der Waals surface area (Å²) in [5, 5.41) is 9.58. The third kappa shape index (κ3) is 1.79. The van der Waals surface area contributed by atoms with E-state index < -0.39 is 5.97 Å². The number of hydrogen-bond acceptors (Lipinski definition) is 1. The van der Waals surface area contributed by atoms with E-state index >= 15 is 0 Å². The number of aliphatic carboxylic acids is 1. The lowest BCUT2D eigenvalue weighted by Gasteiger charge is -2.01. The summed E-state index contributed by atoms with van der Waals surface area (Å²) in [5.41, 5.74) is 1.63. The van der Waals surface area contributed by atoms with Crippen molar-refractivity contribution < 1.29 is 14.3 Å². The lowest BCUT2D eigenvalue weighted by atomic mass is 10.1. The third-order valence-corrected chi connectivity index (χ3v) is 3.16. The van der Waals surface area contributed by atoms with Gasteiger partial charge in [-0.3, -0.25) is 4.79 Å². The molecular weight excluding hydrogens is 221 g/mol. The molecule has 0 unspecified atom stereocenters. The van der Waals surface area contributed by atoms with Crippen molar-refractivity contribution in [2.75, 3.05) is 0 Å². The van der Waals surface area contributed by atoms with Crippen LogP contribution in [-0.2, 0) is 11.2 Å². The van der Waals surface area contributed by atoms with Crippen molar-refractivity contribution in [1.82, 2.24) is 4.57 Å². The molecule has 4 heteroatoms.